The highest BCUT2D eigenvalue weighted by molar-refractivity contribution is 6.13. The van der Waals surface area contributed by atoms with Crippen LogP contribution in [0.25, 0.3) is 32.7 Å². The molecule has 3 nitrogen and oxygen atoms in total. The fraction of sp³-hybridized carbons (Fsp3) is 0.200. The van der Waals surface area contributed by atoms with E-state index in [1.807, 2.05) is 42.5 Å². The number of aryl methyl sites for hydroxylation is 1. The maximum Gasteiger partial charge on any atom is 0.277 e. The average molecular weight is 367 g/mol. The Balaban J connectivity index is 1.82. The molecule has 5 rings (SSSR count). The van der Waals surface area contributed by atoms with E-state index < -0.39 is 0 Å². The van der Waals surface area contributed by atoms with Gasteiger partial charge in [-0.05, 0) is 69.7 Å². The number of fused-ring (bicyclic) bond motifs is 5. The highest BCUT2D eigenvalue weighted by Crippen LogP contribution is 2.40. The number of rotatable bonds is 2. The first-order valence-corrected chi connectivity index (χ1v) is 9.83. The molecule has 1 atom stereocenters. The second-order valence-electron chi connectivity index (χ2n) is 7.93. The molecule has 1 unspecified atom stereocenters. The maximum atomic E-state index is 11.9. The molecule has 0 radical (unpaired) electrons. The summed E-state index contributed by atoms with van der Waals surface area (Å²) in [6.07, 6.45) is 3.20. The van der Waals surface area contributed by atoms with Crippen LogP contribution in [-0.4, -0.2) is 4.92 Å². The topological polar surface area (TPSA) is 43.1 Å². The van der Waals surface area contributed by atoms with Crippen LogP contribution < -0.4 is 0 Å². The van der Waals surface area contributed by atoms with Crippen molar-refractivity contribution in [1.82, 2.24) is 0 Å². The molecule has 0 spiro atoms. The number of nitro groups is 1. The molecule has 0 fully saturated rings. The van der Waals surface area contributed by atoms with Crippen LogP contribution in [0.5, 0.6) is 0 Å². The Kier molecular flexibility index (Phi) is 3.90. The van der Waals surface area contributed by atoms with Crippen LogP contribution in [0.1, 0.15) is 24.5 Å². The van der Waals surface area contributed by atoms with Gasteiger partial charge in [0.2, 0.25) is 0 Å². The van der Waals surface area contributed by atoms with E-state index in [0.717, 1.165) is 46.5 Å². The molecule has 28 heavy (non-hydrogen) atoms. The summed E-state index contributed by atoms with van der Waals surface area (Å²) < 4.78 is 0. The molecule has 0 N–H and O–H groups in total. The van der Waals surface area contributed by atoms with Gasteiger partial charge in [-0.3, -0.25) is 10.1 Å². The van der Waals surface area contributed by atoms with Crippen molar-refractivity contribution < 1.29 is 4.92 Å². The molecule has 0 saturated carbocycles. The SMILES string of the molecule is CC1CCc2c(ccc3c2cc([N+](=O)[O-])c2cc(-c4ccccc4)ccc23)C1. The number of hydrogen-bond acceptors (Lipinski definition) is 2. The first-order chi connectivity index (χ1) is 13.6. The predicted octanol–water partition coefficient (Wildman–Crippen LogP) is 6.69. The Labute approximate surface area is 163 Å². The highest BCUT2D eigenvalue weighted by atomic mass is 16.6. The fourth-order valence-electron chi connectivity index (χ4n) is 4.63. The van der Waals surface area contributed by atoms with E-state index in [2.05, 4.69) is 25.1 Å². The summed E-state index contributed by atoms with van der Waals surface area (Å²) in [6.45, 7) is 2.28. The third kappa shape index (κ3) is 2.66. The number of hydrogen-bond donors (Lipinski definition) is 0. The van der Waals surface area contributed by atoms with Crippen LogP contribution in [0.15, 0.2) is 66.7 Å². The third-order valence-electron chi connectivity index (χ3n) is 6.08. The lowest BCUT2D eigenvalue weighted by molar-refractivity contribution is -0.382. The smallest absolute Gasteiger partial charge is 0.258 e. The number of nitro benzene ring substituents is 1. The summed E-state index contributed by atoms with van der Waals surface area (Å²) in [7, 11) is 0. The Morgan fingerprint density at radius 3 is 2.39 bits per heavy atom. The van der Waals surface area contributed by atoms with Gasteiger partial charge in [0.05, 0.1) is 10.3 Å². The lowest BCUT2D eigenvalue weighted by atomic mass is 9.81. The molecule has 0 aromatic heterocycles. The molecule has 0 saturated heterocycles. The lowest BCUT2D eigenvalue weighted by Gasteiger charge is -2.23. The van der Waals surface area contributed by atoms with Gasteiger partial charge in [-0.1, -0.05) is 61.5 Å². The summed E-state index contributed by atoms with van der Waals surface area (Å²) >= 11 is 0. The van der Waals surface area contributed by atoms with E-state index in [4.69, 9.17) is 0 Å². The Morgan fingerprint density at radius 2 is 1.61 bits per heavy atom. The van der Waals surface area contributed by atoms with Gasteiger partial charge < -0.3 is 0 Å². The second kappa shape index (κ2) is 6.45. The van der Waals surface area contributed by atoms with Crippen LogP contribution in [0.3, 0.4) is 0 Å². The van der Waals surface area contributed by atoms with E-state index in [-0.39, 0.29) is 10.6 Å². The van der Waals surface area contributed by atoms with Crippen LogP contribution in [0, 0.1) is 16.0 Å². The number of non-ortho nitro benzene ring substituents is 1. The van der Waals surface area contributed by atoms with Gasteiger partial charge in [-0.2, -0.15) is 0 Å². The third-order valence-corrected chi connectivity index (χ3v) is 6.08. The summed E-state index contributed by atoms with van der Waals surface area (Å²) in [6, 6.07) is 22.3. The van der Waals surface area contributed by atoms with Crippen molar-refractivity contribution in [2.45, 2.75) is 26.2 Å². The van der Waals surface area contributed by atoms with Crippen molar-refractivity contribution in [2.24, 2.45) is 5.92 Å². The Morgan fingerprint density at radius 1 is 0.857 bits per heavy atom. The standard InChI is InChI=1S/C25H21NO2/c1-16-7-10-20-19(13-16)9-12-21-22-11-8-18(17-5-3-2-4-6-17)14-24(22)25(26(27)28)15-23(20)21/h2-6,8-9,11-12,14-16H,7,10,13H2,1H3. The zero-order valence-corrected chi connectivity index (χ0v) is 15.8. The fourth-order valence-corrected chi connectivity index (χ4v) is 4.63. The van der Waals surface area contributed by atoms with Crippen molar-refractivity contribution in [1.29, 1.82) is 0 Å². The van der Waals surface area contributed by atoms with Crippen LogP contribution in [0.4, 0.5) is 5.69 Å². The van der Waals surface area contributed by atoms with Gasteiger partial charge in [-0.25, -0.2) is 0 Å². The minimum absolute atomic E-state index is 0.201. The Bertz CT molecular complexity index is 1230. The molecule has 0 heterocycles. The van der Waals surface area contributed by atoms with E-state index >= 15 is 0 Å². The van der Waals surface area contributed by atoms with E-state index in [1.165, 1.54) is 11.1 Å². The molecule has 0 aliphatic heterocycles. The molecule has 0 bridgehead atoms. The van der Waals surface area contributed by atoms with Crippen molar-refractivity contribution in [2.75, 3.05) is 0 Å². The maximum absolute atomic E-state index is 11.9. The highest BCUT2D eigenvalue weighted by Gasteiger charge is 2.22. The molecule has 3 heteroatoms. The first kappa shape index (κ1) is 16.9. The van der Waals surface area contributed by atoms with E-state index in [0.29, 0.717) is 11.3 Å². The van der Waals surface area contributed by atoms with E-state index in [9.17, 15) is 10.1 Å². The zero-order chi connectivity index (χ0) is 19.3. The monoisotopic (exact) mass is 367 g/mol. The molecule has 1 aliphatic rings. The van der Waals surface area contributed by atoms with Gasteiger partial charge in [0.25, 0.3) is 5.69 Å². The van der Waals surface area contributed by atoms with Gasteiger partial charge in [0.1, 0.15) is 0 Å². The summed E-state index contributed by atoms with van der Waals surface area (Å²) in [5.41, 5.74) is 4.92. The summed E-state index contributed by atoms with van der Waals surface area (Å²) in [5, 5.41) is 15.8. The normalized spacial score (nSPS) is 16.2. The van der Waals surface area contributed by atoms with Gasteiger partial charge in [0, 0.05) is 6.07 Å². The molecular formula is C25H21NO2. The lowest BCUT2D eigenvalue weighted by Crippen LogP contribution is -2.11. The minimum atomic E-state index is -0.235. The average Bonchev–Trinajstić information content (AvgIpc) is 2.72. The second-order valence-corrected chi connectivity index (χ2v) is 7.93. The molecule has 138 valence electrons. The van der Waals surface area contributed by atoms with Crippen molar-refractivity contribution >= 4 is 27.2 Å². The molecule has 4 aromatic rings. The quantitative estimate of drug-likeness (QED) is 0.225. The molecular weight excluding hydrogens is 346 g/mol. The van der Waals surface area contributed by atoms with Crippen LogP contribution in [0.2, 0.25) is 0 Å². The van der Waals surface area contributed by atoms with Gasteiger partial charge >= 0.3 is 0 Å². The summed E-state index contributed by atoms with van der Waals surface area (Å²) in [4.78, 5) is 11.7. The number of nitrogens with zero attached hydrogens (tertiary/aromatic N) is 1. The Hall–Kier alpha value is -3.20. The minimum Gasteiger partial charge on any atom is -0.258 e. The first-order valence-electron chi connectivity index (χ1n) is 9.83. The van der Waals surface area contributed by atoms with Gasteiger partial charge in [0.15, 0.2) is 0 Å². The summed E-state index contributed by atoms with van der Waals surface area (Å²) in [5.74, 6) is 0.675. The largest absolute Gasteiger partial charge is 0.277 e. The van der Waals surface area contributed by atoms with E-state index in [1.54, 1.807) is 6.07 Å². The molecule has 4 aromatic carbocycles. The molecule has 1 aliphatic carbocycles. The molecule has 0 amide bonds. The van der Waals surface area contributed by atoms with Crippen LogP contribution in [-0.2, 0) is 12.8 Å². The van der Waals surface area contributed by atoms with Crippen molar-refractivity contribution in [3.63, 3.8) is 0 Å². The zero-order valence-electron chi connectivity index (χ0n) is 15.8. The van der Waals surface area contributed by atoms with Crippen molar-refractivity contribution in [3.05, 3.63) is 88.0 Å². The predicted molar refractivity (Wildman–Crippen MR) is 115 cm³/mol. The van der Waals surface area contributed by atoms with Crippen LogP contribution >= 0.6 is 0 Å². The van der Waals surface area contributed by atoms with Crippen molar-refractivity contribution in [3.8, 4) is 11.1 Å². The number of benzene rings is 4. The van der Waals surface area contributed by atoms with Gasteiger partial charge in [-0.15, -0.1) is 0 Å².